The Morgan fingerprint density at radius 1 is 0.828 bits per heavy atom. The molecule has 0 bridgehead atoms. The van der Waals surface area contributed by atoms with Crippen molar-refractivity contribution < 1.29 is 14.3 Å². The number of ether oxygens (including phenoxy) is 1. The van der Waals surface area contributed by atoms with E-state index in [9.17, 15) is 9.59 Å². The monoisotopic (exact) mass is 389 g/mol. The second kappa shape index (κ2) is 9.94. The number of nitrogens with two attached hydrogens (primary N) is 1. The fourth-order valence-corrected chi connectivity index (χ4v) is 2.89. The van der Waals surface area contributed by atoms with Crippen LogP contribution >= 0.6 is 0 Å². The van der Waals surface area contributed by atoms with Crippen LogP contribution in [0.5, 0.6) is 11.5 Å². The number of rotatable bonds is 8. The molecule has 6 heteroatoms. The molecule has 6 nitrogen and oxygen atoms in total. The summed E-state index contributed by atoms with van der Waals surface area (Å²) in [5, 5.41) is 5.36. The summed E-state index contributed by atoms with van der Waals surface area (Å²) in [5.74, 6) is 1.11. The molecule has 0 radical (unpaired) electrons. The van der Waals surface area contributed by atoms with E-state index in [1.807, 2.05) is 84.9 Å². The number of carbonyl (C=O) groups is 2. The molecule has 0 aliphatic rings. The van der Waals surface area contributed by atoms with E-state index in [1.165, 1.54) is 0 Å². The summed E-state index contributed by atoms with van der Waals surface area (Å²) in [7, 11) is 0. The largest absolute Gasteiger partial charge is 0.457 e. The highest BCUT2D eigenvalue weighted by Crippen LogP contribution is 2.21. The molecular weight excluding hydrogens is 366 g/mol. The van der Waals surface area contributed by atoms with Gasteiger partial charge in [0.05, 0.1) is 0 Å². The lowest BCUT2D eigenvalue weighted by Crippen LogP contribution is -2.49. The zero-order valence-corrected chi connectivity index (χ0v) is 15.9. The molecule has 0 aliphatic heterocycles. The smallest absolute Gasteiger partial charge is 0.312 e. The predicted molar refractivity (Wildman–Crippen MR) is 111 cm³/mol. The maximum Gasteiger partial charge on any atom is 0.312 e. The zero-order chi connectivity index (χ0) is 20.5. The van der Waals surface area contributed by atoms with Crippen molar-refractivity contribution in [3.63, 3.8) is 0 Å². The Balaban J connectivity index is 1.61. The van der Waals surface area contributed by atoms with Crippen LogP contribution in [0.15, 0.2) is 84.9 Å². The van der Waals surface area contributed by atoms with E-state index < -0.39 is 12.1 Å². The summed E-state index contributed by atoms with van der Waals surface area (Å²) in [6.07, 6.45) is 0.354. The predicted octanol–water partition coefficient (Wildman–Crippen LogP) is 3.37. The second-order valence-electron chi connectivity index (χ2n) is 6.53. The maximum atomic E-state index is 12.6. The van der Waals surface area contributed by atoms with Crippen molar-refractivity contribution in [1.29, 1.82) is 0 Å². The van der Waals surface area contributed by atoms with Crippen LogP contribution in [0.1, 0.15) is 11.1 Å². The SMILES string of the molecule is NC(=O)N[C@H](Cc1ccccc1)C(=O)NCc1cccc(Oc2ccccc2)c1. The van der Waals surface area contributed by atoms with E-state index >= 15 is 0 Å². The van der Waals surface area contributed by atoms with Crippen molar-refractivity contribution in [3.8, 4) is 11.5 Å². The Morgan fingerprint density at radius 2 is 1.45 bits per heavy atom. The molecule has 0 aromatic heterocycles. The van der Waals surface area contributed by atoms with Crippen LogP contribution < -0.4 is 21.1 Å². The van der Waals surface area contributed by atoms with Gasteiger partial charge in [-0.05, 0) is 35.4 Å². The minimum absolute atomic E-state index is 0.302. The highest BCUT2D eigenvalue weighted by Gasteiger charge is 2.20. The van der Waals surface area contributed by atoms with Gasteiger partial charge in [-0.25, -0.2) is 4.79 Å². The number of amides is 3. The van der Waals surface area contributed by atoms with Crippen molar-refractivity contribution in [1.82, 2.24) is 10.6 Å². The average molecular weight is 389 g/mol. The highest BCUT2D eigenvalue weighted by atomic mass is 16.5. The van der Waals surface area contributed by atoms with E-state index in [0.717, 1.165) is 16.9 Å². The van der Waals surface area contributed by atoms with Crippen LogP contribution in [0.3, 0.4) is 0 Å². The molecule has 148 valence electrons. The number of para-hydroxylation sites is 1. The van der Waals surface area contributed by atoms with Gasteiger partial charge in [0.2, 0.25) is 5.91 Å². The Morgan fingerprint density at radius 3 is 2.14 bits per heavy atom. The maximum absolute atomic E-state index is 12.6. The third kappa shape index (κ3) is 6.39. The molecule has 0 fully saturated rings. The molecule has 4 N–H and O–H groups in total. The number of urea groups is 1. The van der Waals surface area contributed by atoms with Crippen LogP contribution in [0.2, 0.25) is 0 Å². The Bertz CT molecular complexity index is 946. The molecule has 0 heterocycles. The van der Waals surface area contributed by atoms with Crippen LogP contribution in [0, 0.1) is 0 Å². The van der Waals surface area contributed by atoms with Gasteiger partial charge in [-0.1, -0.05) is 60.7 Å². The van der Waals surface area contributed by atoms with Crippen LogP contribution in [0.4, 0.5) is 4.79 Å². The molecule has 0 unspecified atom stereocenters. The molecule has 3 aromatic rings. The Hall–Kier alpha value is -3.80. The van der Waals surface area contributed by atoms with Gasteiger partial charge in [-0.2, -0.15) is 0 Å². The third-order valence-electron chi connectivity index (χ3n) is 4.26. The number of carbonyl (C=O) groups excluding carboxylic acids is 2. The first-order valence-corrected chi connectivity index (χ1v) is 9.29. The first-order valence-electron chi connectivity index (χ1n) is 9.29. The number of hydrogen-bond donors (Lipinski definition) is 3. The van der Waals surface area contributed by atoms with Crippen LogP contribution in [0.25, 0.3) is 0 Å². The molecule has 29 heavy (non-hydrogen) atoms. The fourth-order valence-electron chi connectivity index (χ4n) is 2.89. The molecule has 0 spiro atoms. The molecule has 3 amide bonds. The summed E-state index contributed by atoms with van der Waals surface area (Å²) in [6.45, 7) is 0.302. The quantitative estimate of drug-likeness (QED) is 0.551. The molecule has 0 saturated carbocycles. The van der Waals surface area contributed by atoms with Gasteiger partial charge in [0, 0.05) is 13.0 Å². The lowest BCUT2D eigenvalue weighted by Gasteiger charge is -2.17. The lowest BCUT2D eigenvalue weighted by atomic mass is 10.1. The Labute approximate surface area is 169 Å². The van der Waals surface area contributed by atoms with Gasteiger partial charge in [0.15, 0.2) is 0 Å². The van der Waals surface area contributed by atoms with Crippen molar-refractivity contribution in [2.75, 3.05) is 0 Å². The molecule has 0 aliphatic carbocycles. The van der Waals surface area contributed by atoms with Gasteiger partial charge >= 0.3 is 6.03 Å². The Kier molecular flexibility index (Phi) is 6.84. The van der Waals surface area contributed by atoms with E-state index in [-0.39, 0.29) is 5.91 Å². The highest BCUT2D eigenvalue weighted by molar-refractivity contribution is 5.86. The molecule has 3 aromatic carbocycles. The number of benzene rings is 3. The van der Waals surface area contributed by atoms with Crippen molar-refractivity contribution in [3.05, 3.63) is 96.1 Å². The third-order valence-corrected chi connectivity index (χ3v) is 4.26. The van der Waals surface area contributed by atoms with Crippen molar-refractivity contribution >= 4 is 11.9 Å². The van der Waals surface area contributed by atoms with E-state index in [2.05, 4.69) is 10.6 Å². The number of hydrogen-bond acceptors (Lipinski definition) is 3. The zero-order valence-electron chi connectivity index (χ0n) is 15.9. The van der Waals surface area contributed by atoms with Crippen molar-refractivity contribution in [2.45, 2.75) is 19.0 Å². The normalized spacial score (nSPS) is 11.3. The minimum atomic E-state index is -0.751. The first kappa shape index (κ1) is 19.9. The second-order valence-corrected chi connectivity index (χ2v) is 6.53. The molecular formula is C23H23N3O3. The van der Waals surface area contributed by atoms with Crippen LogP contribution in [-0.2, 0) is 17.8 Å². The first-order chi connectivity index (χ1) is 14.1. The fraction of sp³-hybridized carbons (Fsp3) is 0.130. The van der Waals surface area contributed by atoms with E-state index in [0.29, 0.717) is 18.7 Å². The van der Waals surface area contributed by atoms with Gasteiger partial charge in [0.1, 0.15) is 17.5 Å². The van der Waals surface area contributed by atoms with Crippen LogP contribution in [-0.4, -0.2) is 18.0 Å². The van der Waals surface area contributed by atoms with E-state index in [4.69, 9.17) is 10.5 Å². The molecule has 3 rings (SSSR count). The summed E-state index contributed by atoms with van der Waals surface area (Å²) in [6, 6.07) is 24.9. The standard InChI is InChI=1S/C23H23N3O3/c24-23(28)26-21(15-17-8-3-1-4-9-17)22(27)25-16-18-10-7-13-20(14-18)29-19-11-5-2-6-12-19/h1-14,21H,15-16H2,(H,25,27)(H3,24,26,28)/t21-/m1/s1. The minimum Gasteiger partial charge on any atom is -0.457 e. The van der Waals surface area contributed by atoms with Gasteiger partial charge in [-0.3, -0.25) is 4.79 Å². The number of nitrogens with one attached hydrogen (secondary N) is 2. The van der Waals surface area contributed by atoms with Gasteiger partial charge in [0.25, 0.3) is 0 Å². The molecule has 1 atom stereocenters. The average Bonchev–Trinajstić information content (AvgIpc) is 2.73. The molecule has 0 saturated heterocycles. The van der Waals surface area contributed by atoms with Gasteiger partial charge in [-0.15, -0.1) is 0 Å². The topological polar surface area (TPSA) is 93.5 Å². The lowest BCUT2D eigenvalue weighted by molar-refractivity contribution is -0.123. The van der Waals surface area contributed by atoms with Crippen molar-refractivity contribution in [2.24, 2.45) is 5.73 Å². The number of primary amides is 1. The summed E-state index contributed by atoms with van der Waals surface area (Å²) in [5.41, 5.74) is 7.05. The summed E-state index contributed by atoms with van der Waals surface area (Å²) >= 11 is 0. The summed E-state index contributed by atoms with van der Waals surface area (Å²) in [4.78, 5) is 23.9. The summed E-state index contributed by atoms with van der Waals surface area (Å²) < 4.78 is 5.82. The van der Waals surface area contributed by atoms with E-state index in [1.54, 1.807) is 0 Å². The van der Waals surface area contributed by atoms with Gasteiger partial charge < -0.3 is 21.1 Å².